The molecule has 2 atom stereocenters. The lowest BCUT2D eigenvalue weighted by Gasteiger charge is -2.16. The Morgan fingerprint density at radius 2 is 1.90 bits per heavy atom. The van der Waals surface area contributed by atoms with Crippen molar-refractivity contribution in [3.8, 4) is 0 Å². The van der Waals surface area contributed by atoms with E-state index >= 15 is 0 Å². The Kier molecular flexibility index (Phi) is 4.33. The van der Waals surface area contributed by atoms with Crippen molar-refractivity contribution in [1.82, 2.24) is 4.31 Å². The number of aliphatic hydroxyl groups excluding tert-OH is 2. The van der Waals surface area contributed by atoms with Crippen molar-refractivity contribution in [2.45, 2.75) is 17.1 Å². The molecule has 0 spiro atoms. The topological polar surface area (TPSA) is 104 Å². The molecule has 6 nitrogen and oxygen atoms in total. The molecule has 0 aliphatic carbocycles. The van der Waals surface area contributed by atoms with Crippen LogP contribution in [-0.2, 0) is 10.0 Å². The van der Waals surface area contributed by atoms with Gasteiger partial charge in [0.05, 0.1) is 22.1 Å². The molecule has 9 heteroatoms. The molecule has 2 unspecified atom stereocenters. The molecular formula is C11H13ClN2O4S2. The predicted molar refractivity (Wildman–Crippen MR) is 78.1 cm³/mol. The summed E-state index contributed by atoms with van der Waals surface area (Å²) < 4.78 is 25.7. The molecule has 1 aliphatic heterocycles. The van der Waals surface area contributed by atoms with Gasteiger partial charge >= 0.3 is 0 Å². The molecule has 0 radical (unpaired) electrons. The number of rotatable bonds is 3. The third-order valence-electron chi connectivity index (χ3n) is 3.07. The second kappa shape index (κ2) is 5.55. The van der Waals surface area contributed by atoms with Crippen molar-refractivity contribution < 1.29 is 18.6 Å². The predicted octanol–water partition coefficient (Wildman–Crippen LogP) is -0.300. The van der Waals surface area contributed by atoms with Gasteiger partial charge in [-0.25, -0.2) is 8.42 Å². The summed E-state index contributed by atoms with van der Waals surface area (Å²) >= 11 is 10.7. The molecule has 1 aromatic rings. The quantitative estimate of drug-likeness (QED) is 0.655. The first-order valence-electron chi connectivity index (χ1n) is 5.69. The fourth-order valence-corrected chi connectivity index (χ4v) is 4.02. The van der Waals surface area contributed by atoms with Crippen LogP contribution in [0.25, 0.3) is 0 Å². The Labute approximate surface area is 126 Å². The van der Waals surface area contributed by atoms with E-state index in [0.717, 1.165) is 4.31 Å². The monoisotopic (exact) mass is 336 g/mol. The van der Waals surface area contributed by atoms with Crippen molar-refractivity contribution in [2.24, 2.45) is 5.73 Å². The highest BCUT2D eigenvalue weighted by molar-refractivity contribution is 7.89. The maximum absolute atomic E-state index is 12.3. The van der Waals surface area contributed by atoms with E-state index in [1.807, 2.05) is 0 Å². The number of β-amino-alcohol motifs (C(OH)–C–C–N with tert-alkyl or cyclic N) is 2. The maximum atomic E-state index is 12.3. The number of nitrogens with two attached hydrogens (primary N) is 1. The number of benzene rings is 1. The molecule has 0 aromatic heterocycles. The normalized spacial score (nSPS) is 23.9. The van der Waals surface area contributed by atoms with E-state index in [2.05, 4.69) is 0 Å². The van der Waals surface area contributed by atoms with Crippen molar-refractivity contribution in [2.75, 3.05) is 13.1 Å². The zero-order chi connectivity index (χ0) is 15.1. The van der Waals surface area contributed by atoms with Gasteiger partial charge in [0.2, 0.25) is 10.0 Å². The van der Waals surface area contributed by atoms with Gasteiger partial charge in [-0.05, 0) is 18.2 Å². The van der Waals surface area contributed by atoms with Crippen molar-refractivity contribution in [3.05, 3.63) is 28.8 Å². The summed E-state index contributed by atoms with van der Waals surface area (Å²) in [6.07, 6.45) is -2.17. The first kappa shape index (κ1) is 15.6. The molecule has 0 bridgehead atoms. The van der Waals surface area contributed by atoms with E-state index in [1.165, 1.54) is 18.2 Å². The van der Waals surface area contributed by atoms with Crippen LogP contribution in [0.1, 0.15) is 5.56 Å². The van der Waals surface area contributed by atoms with E-state index in [4.69, 9.17) is 29.6 Å². The summed E-state index contributed by atoms with van der Waals surface area (Å²) in [6.45, 7) is -0.309. The largest absolute Gasteiger partial charge is 0.389 e. The second-order valence-corrected chi connectivity index (χ2v) is 7.25. The number of hydrogen-bond acceptors (Lipinski definition) is 5. The average Bonchev–Trinajstić information content (AvgIpc) is 2.69. The van der Waals surface area contributed by atoms with Crippen LogP contribution in [-0.4, -0.2) is 53.2 Å². The molecule has 0 saturated carbocycles. The molecule has 20 heavy (non-hydrogen) atoms. The Balaban J connectivity index is 2.36. The lowest BCUT2D eigenvalue weighted by Crippen LogP contribution is -2.30. The minimum absolute atomic E-state index is 0.0381. The number of nitrogens with zero attached hydrogens (tertiary/aromatic N) is 1. The molecule has 0 amide bonds. The molecule has 1 fully saturated rings. The van der Waals surface area contributed by atoms with Crippen LogP contribution in [0.2, 0.25) is 5.02 Å². The van der Waals surface area contributed by atoms with Gasteiger partial charge in [0.1, 0.15) is 4.99 Å². The third-order valence-corrected chi connectivity index (χ3v) is 5.43. The SMILES string of the molecule is NC(=S)c1ccc(S(=O)(=O)N2CC(O)C(O)C2)cc1Cl. The van der Waals surface area contributed by atoms with Gasteiger partial charge in [-0.2, -0.15) is 4.31 Å². The summed E-state index contributed by atoms with van der Waals surface area (Å²) in [5, 5.41) is 19.0. The van der Waals surface area contributed by atoms with Crippen molar-refractivity contribution in [3.63, 3.8) is 0 Å². The standard InChI is InChI=1S/C11H13ClN2O4S2/c12-8-3-6(1-2-7(8)11(13)19)20(17,18)14-4-9(15)10(16)5-14/h1-3,9-10,15-16H,4-5H2,(H2,13,19). The van der Waals surface area contributed by atoms with Gasteiger partial charge in [-0.15, -0.1) is 0 Å². The Hall–Kier alpha value is -0.770. The van der Waals surface area contributed by atoms with Crippen LogP contribution in [0, 0.1) is 0 Å². The maximum Gasteiger partial charge on any atom is 0.243 e. The molecule has 2 rings (SSSR count). The molecule has 1 aliphatic rings. The minimum Gasteiger partial charge on any atom is -0.389 e. The molecule has 1 saturated heterocycles. The van der Waals surface area contributed by atoms with Gasteiger partial charge in [0, 0.05) is 18.7 Å². The van der Waals surface area contributed by atoms with Crippen LogP contribution < -0.4 is 5.73 Å². The van der Waals surface area contributed by atoms with E-state index in [-0.39, 0.29) is 28.0 Å². The van der Waals surface area contributed by atoms with Crippen LogP contribution in [0.15, 0.2) is 23.1 Å². The fraction of sp³-hybridized carbons (Fsp3) is 0.364. The van der Waals surface area contributed by atoms with Gasteiger partial charge in [0.25, 0.3) is 0 Å². The lowest BCUT2D eigenvalue weighted by molar-refractivity contribution is 0.0572. The first-order valence-corrected chi connectivity index (χ1v) is 7.91. The zero-order valence-corrected chi connectivity index (χ0v) is 12.6. The Morgan fingerprint density at radius 3 is 2.35 bits per heavy atom. The molecule has 4 N–H and O–H groups in total. The third kappa shape index (κ3) is 2.80. The highest BCUT2D eigenvalue weighted by Gasteiger charge is 2.37. The van der Waals surface area contributed by atoms with E-state index in [0.29, 0.717) is 5.56 Å². The number of hydrogen-bond donors (Lipinski definition) is 3. The summed E-state index contributed by atoms with van der Waals surface area (Å²) in [7, 11) is -3.82. The number of halogens is 1. The van der Waals surface area contributed by atoms with Crippen LogP contribution in [0.5, 0.6) is 0 Å². The molecule has 110 valence electrons. The Bertz CT molecular complexity index is 640. The Morgan fingerprint density at radius 1 is 1.35 bits per heavy atom. The van der Waals surface area contributed by atoms with Crippen molar-refractivity contribution >= 4 is 38.8 Å². The van der Waals surface area contributed by atoms with Crippen LogP contribution in [0.4, 0.5) is 0 Å². The first-order chi connectivity index (χ1) is 9.23. The highest BCUT2D eigenvalue weighted by atomic mass is 35.5. The van der Waals surface area contributed by atoms with Crippen molar-refractivity contribution in [1.29, 1.82) is 0 Å². The van der Waals surface area contributed by atoms with E-state index < -0.39 is 22.2 Å². The highest BCUT2D eigenvalue weighted by Crippen LogP contribution is 2.25. The average molecular weight is 337 g/mol. The molecular weight excluding hydrogens is 324 g/mol. The van der Waals surface area contributed by atoms with Gasteiger partial charge in [0.15, 0.2) is 0 Å². The fourth-order valence-electron chi connectivity index (χ4n) is 1.94. The van der Waals surface area contributed by atoms with Gasteiger partial charge in [-0.3, -0.25) is 0 Å². The molecule has 1 aromatic carbocycles. The zero-order valence-electron chi connectivity index (χ0n) is 10.2. The van der Waals surface area contributed by atoms with E-state index in [9.17, 15) is 18.6 Å². The van der Waals surface area contributed by atoms with Crippen LogP contribution >= 0.6 is 23.8 Å². The second-order valence-electron chi connectivity index (χ2n) is 4.46. The summed E-state index contributed by atoms with van der Waals surface area (Å²) in [5.41, 5.74) is 5.84. The summed E-state index contributed by atoms with van der Waals surface area (Å²) in [4.78, 5) is 0.0368. The van der Waals surface area contributed by atoms with Gasteiger partial charge < -0.3 is 15.9 Å². The smallest absolute Gasteiger partial charge is 0.243 e. The summed E-state index contributed by atoms with van der Waals surface area (Å²) in [5.74, 6) is 0. The van der Waals surface area contributed by atoms with Gasteiger partial charge in [-0.1, -0.05) is 23.8 Å². The molecule has 1 heterocycles. The number of aliphatic hydroxyl groups is 2. The summed E-state index contributed by atoms with van der Waals surface area (Å²) in [6, 6.07) is 4.02. The van der Waals surface area contributed by atoms with E-state index in [1.54, 1.807) is 0 Å². The van der Waals surface area contributed by atoms with Crippen LogP contribution in [0.3, 0.4) is 0 Å². The number of sulfonamides is 1. The number of thiocarbonyl (C=S) groups is 1. The lowest BCUT2D eigenvalue weighted by atomic mass is 10.2. The minimum atomic E-state index is -3.82.